The smallest absolute Gasteiger partial charge is 0.485 e. The summed E-state index contributed by atoms with van der Waals surface area (Å²) in [4.78, 5) is 0. The van der Waals surface area contributed by atoms with Gasteiger partial charge in [0.1, 0.15) is 18.6 Å². The standard InChI is InChI=1S/C9H15FN3O2S.CHF3O3S/c1-11-6-7-13(8-11)16(14,15)12-4-2-9(10)3-5-12;2-1(3,4)8(5,6)7/h6-9H,2-5H2,1H3;(H,5,6,7)/q+1;/p-1. The van der Waals surface area contributed by atoms with Crippen molar-refractivity contribution in [2.45, 2.75) is 24.5 Å². The second kappa shape index (κ2) is 7.33. The van der Waals surface area contributed by atoms with Gasteiger partial charge in [-0.25, -0.2) is 17.4 Å². The van der Waals surface area contributed by atoms with Crippen molar-refractivity contribution in [3.63, 3.8) is 0 Å². The van der Waals surface area contributed by atoms with Crippen LogP contribution in [0.5, 0.6) is 0 Å². The van der Waals surface area contributed by atoms with Gasteiger partial charge in [0.25, 0.3) is 6.33 Å². The maximum Gasteiger partial charge on any atom is 0.485 e. The zero-order valence-corrected chi connectivity index (χ0v) is 14.0. The fourth-order valence-electron chi connectivity index (χ4n) is 1.75. The molecule has 1 aromatic rings. The van der Waals surface area contributed by atoms with E-state index in [1.54, 1.807) is 17.8 Å². The van der Waals surface area contributed by atoms with Crippen molar-refractivity contribution in [2.24, 2.45) is 7.05 Å². The molecule has 0 amide bonds. The summed E-state index contributed by atoms with van der Waals surface area (Å²) in [5.41, 5.74) is -5.65. The van der Waals surface area contributed by atoms with E-state index in [-0.39, 0.29) is 25.9 Å². The first-order chi connectivity index (χ1) is 10.7. The van der Waals surface area contributed by atoms with Crippen LogP contribution in [-0.2, 0) is 27.4 Å². The predicted octanol–water partition coefficient (Wildman–Crippen LogP) is -0.109. The first kappa shape index (κ1) is 20.8. The van der Waals surface area contributed by atoms with Crippen LogP contribution < -0.4 is 4.57 Å². The minimum atomic E-state index is -6.09. The van der Waals surface area contributed by atoms with E-state index in [4.69, 9.17) is 13.0 Å². The van der Waals surface area contributed by atoms with Crippen molar-refractivity contribution in [1.29, 1.82) is 0 Å². The normalized spacial score (nSPS) is 18.1. The third kappa shape index (κ3) is 5.39. The number of imidazole rings is 1. The molecule has 1 aromatic heterocycles. The van der Waals surface area contributed by atoms with Gasteiger partial charge >= 0.3 is 15.7 Å². The summed E-state index contributed by atoms with van der Waals surface area (Å²) in [6, 6.07) is 0. The van der Waals surface area contributed by atoms with E-state index in [0.29, 0.717) is 0 Å². The monoisotopic (exact) mass is 397 g/mol. The molecule has 0 unspecified atom stereocenters. The van der Waals surface area contributed by atoms with Crippen LogP contribution in [0.1, 0.15) is 12.8 Å². The number of halogens is 4. The molecule has 1 aliphatic heterocycles. The molecule has 0 aliphatic carbocycles. The molecule has 1 aliphatic rings. The third-order valence-corrected chi connectivity index (χ3v) is 5.34. The number of rotatable bonds is 2. The summed E-state index contributed by atoms with van der Waals surface area (Å²) in [6.45, 7) is 0.511. The molecular formula is C10H15F4N3O5S2. The van der Waals surface area contributed by atoms with Crippen molar-refractivity contribution >= 4 is 20.3 Å². The molecule has 0 N–H and O–H groups in total. The maximum atomic E-state index is 12.9. The van der Waals surface area contributed by atoms with Crippen LogP contribution in [0.3, 0.4) is 0 Å². The highest BCUT2D eigenvalue weighted by atomic mass is 32.2. The van der Waals surface area contributed by atoms with E-state index in [0.717, 1.165) is 3.97 Å². The minimum absolute atomic E-state index is 0.255. The van der Waals surface area contributed by atoms with Crippen molar-refractivity contribution in [1.82, 2.24) is 8.28 Å². The lowest BCUT2D eigenvalue weighted by atomic mass is 10.1. The molecular weight excluding hydrogens is 382 g/mol. The molecule has 2 rings (SSSR count). The van der Waals surface area contributed by atoms with Gasteiger partial charge < -0.3 is 4.55 Å². The van der Waals surface area contributed by atoms with Gasteiger partial charge in [-0.05, 0) is 12.8 Å². The summed E-state index contributed by atoms with van der Waals surface area (Å²) < 4.78 is 100. The van der Waals surface area contributed by atoms with Gasteiger partial charge in [-0.1, -0.05) is 0 Å². The SMILES string of the molecule is C[n+]1ccn(S(=O)(=O)N2CCC(F)CC2)c1.O=S(=O)([O-])C(F)(F)F. The molecule has 1 fully saturated rings. The number of aromatic nitrogens is 2. The van der Waals surface area contributed by atoms with E-state index < -0.39 is 32.0 Å². The zero-order valence-electron chi connectivity index (χ0n) is 12.3. The van der Waals surface area contributed by atoms with E-state index in [9.17, 15) is 26.0 Å². The Kier molecular flexibility index (Phi) is 6.35. The molecule has 0 radical (unpaired) electrons. The van der Waals surface area contributed by atoms with Crippen molar-refractivity contribution in [3.8, 4) is 0 Å². The highest BCUT2D eigenvalue weighted by molar-refractivity contribution is 7.87. The lowest BCUT2D eigenvalue weighted by Gasteiger charge is -2.25. The molecule has 1 saturated heterocycles. The number of piperidine rings is 1. The summed E-state index contributed by atoms with van der Waals surface area (Å²) in [5, 5.41) is 0. The van der Waals surface area contributed by atoms with Gasteiger partial charge in [0.15, 0.2) is 10.1 Å². The first-order valence-corrected chi connectivity index (χ1v) is 9.26. The van der Waals surface area contributed by atoms with E-state index in [2.05, 4.69) is 0 Å². The highest BCUT2D eigenvalue weighted by Crippen LogP contribution is 2.20. The first-order valence-electron chi connectivity index (χ1n) is 6.45. The summed E-state index contributed by atoms with van der Waals surface area (Å²) in [7, 11) is -7.84. The number of aryl methyl sites for hydroxylation is 1. The fraction of sp³-hybridized carbons (Fsp3) is 0.700. The lowest BCUT2D eigenvalue weighted by molar-refractivity contribution is -0.670. The van der Waals surface area contributed by atoms with Crippen LogP contribution >= 0.6 is 0 Å². The molecule has 0 saturated carbocycles. The number of hydrogen-bond acceptors (Lipinski definition) is 5. The lowest BCUT2D eigenvalue weighted by Crippen LogP contribution is -2.42. The van der Waals surface area contributed by atoms with Crippen LogP contribution in [0.2, 0.25) is 0 Å². The van der Waals surface area contributed by atoms with Gasteiger partial charge in [0.2, 0.25) is 0 Å². The van der Waals surface area contributed by atoms with Gasteiger partial charge in [-0.3, -0.25) is 0 Å². The minimum Gasteiger partial charge on any atom is -0.741 e. The molecule has 0 bridgehead atoms. The van der Waals surface area contributed by atoms with Crippen LogP contribution in [0, 0.1) is 0 Å². The Hall–Kier alpha value is -1.25. The van der Waals surface area contributed by atoms with Gasteiger partial charge in [0.05, 0.1) is 7.05 Å². The average Bonchev–Trinajstić information content (AvgIpc) is 2.85. The average molecular weight is 397 g/mol. The molecule has 0 atom stereocenters. The van der Waals surface area contributed by atoms with Crippen LogP contribution in [-0.4, -0.2) is 54.4 Å². The van der Waals surface area contributed by atoms with Crippen LogP contribution in [0.4, 0.5) is 17.6 Å². The van der Waals surface area contributed by atoms with Crippen molar-refractivity contribution in [3.05, 3.63) is 18.7 Å². The number of nitrogens with zero attached hydrogens (tertiary/aromatic N) is 3. The Bertz CT molecular complexity index is 752. The van der Waals surface area contributed by atoms with Gasteiger partial charge in [-0.15, -0.1) is 3.97 Å². The van der Waals surface area contributed by atoms with E-state index >= 15 is 0 Å². The molecule has 8 nitrogen and oxygen atoms in total. The van der Waals surface area contributed by atoms with Gasteiger partial charge in [-0.2, -0.15) is 25.9 Å². The van der Waals surface area contributed by atoms with Crippen molar-refractivity contribution in [2.75, 3.05) is 13.1 Å². The third-order valence-electron chi connectivity index (χ3n) is 3.00. The summed E-state index contributed by atoms with van der Waals surface area (Å²) in [5.74, 6) is 0. The second-order valence-corrected chi connectivity index (χ2v) is 8.10. The number of alkyl halides is 4. The highest BCUT2D eigenvalue weighted by Gasteiger charge is 2.37. The Morgan fingerprint density at radius 2 is 1.62 bits per heavy atom. The second-order valence-electron chi connectivity index (χ2n) is 4.89. The molecule has 14 heteroatoms. The van der Waals surface area contributed by atoms with E-state index in [1.165, 1.54) is 16.8 Å². The summed E-state index contributed by atoms with van der Waals surface area (Å²) in [6.07, 6.45) is 4.32. The molecule has 24 heavy (non-hydrogen) atoms. The zero-order chi connectivity index (χ0) is 18.8. The Balaban J connectivity index is 0.000000307. The molecule has 0 aromatic carbocycles. The Labute approximate surface area is 136 Å². The molecule has 2 heterocycles. The topological polar surface area (TPSA) is 103 Å². The quantitative estimate of drug-likeness (QED) is 0.300. The summed E-state index contributed by atoms with van der Waals surface area (Å²) >= 11 is 0. The van der Waals surface area contributed by atoms with Crippen molar-refractivity contribution < 1.29 is 43.5 Å². The fourth-order valence-corrected chi connectivity index (χ4v) is 3.17. The van der Waals surface area contributed by atoms with E-state index in [1.807, 2.05) is 0 Å². The Morgan fingerprint density at radius 1 is 1.17 bits per heavy atom. The van der Waals surface area contributed by atoms with Crippen LogP contribution in [0.25, 0.3) is 0 Å². The largest absolute Gasteiger partial charge is 0.741 e. The van der Waals surface area contributed by atoms with Crippen LogP contribution in [0.15, 0.2) is 18.7 Å². The van der Waals surface area contributed by atoms with Gasteiger partial charge in [0, 0.05) is 13.1 Å². The predicted molar refractivity (Wildman–Crippen MR) is 71.4 cm³/mol. The maximum absolute atomic E-state index is 12.9. The molecule has 140 valence electrons. The number of hydrogen-bond donors (Lipinski definition) is 0. The molecule has 0 spiro atoms. The Morgan fingerprint density at radius 3 is 1.96 bits per heavy atom.